The Labute approximate surface area is 121 Å². The number of nitrogens with one attached hydrogen (secondary N) is 1. The van der Waals surface area contributed by atoms with Crippen LogP contribution in [0.5, 0.6) is 0 Å². The van der Waals surface area contributed by atoms with Gasteiger partial charge in [0.1, 0.15) is 0 Å². The first-order valence-electron chi connectivity index (χ1n) is 6.52. The lowest BCUT2D eigenvalue weighted by Gasteiger charge is -2.04. The Morgan fingerprint density at radius 1 is 1.29 bits per heavy atom. The van der Waals surface area contributed by atoms with Crippen molar-refractivity contribution in [1.29, 1.82) is 0 Å². The van der Waals surface area contributed by atoms with Crippen LogP contribution in [0.15, 0.2) is 36.5 Å². The molecule has 0 aliphatic heterocycles. The molecule has 0 radical (unpaired) electrons. The number of rotatable bonds is 6. The maximum absolute atomic E-state index is 11.8. The van der Waals surface area contributed by atoms with Gasteiger partial charge < -0.3 is 10.1 Å². The van der Waals surface area contributed by atoms with E-state index in [0.717, 1.165) is 0 Å². The van der Waals surface area contributed by atoms with Crippen molar-refractivity contribution < 1.29 is 14.3 Å². The van der Waals surface area contributed by atoms with Crippen LogP contribution in [0.2, 0.25) is 0 Å². The third-order valence-electron chi connectivity index (χ3n) is 2.82. The van der Waals surface area contributed by atoms with Crippen LogP contribution in [0.4, 0.5) is 0 Å². The number of hydrogen-bond acceptors (Lipinski definition) is 5. The van der Waals surface area contributed by atoms with Gasteiger partial charge in [0.05, 0.1) is 13.3 Å². The molecule has 1 heterocycles. The van der Waals surface area contributed by atoms with Crippen molar-refractivity contribution >= 4 is 11.9 Å². The highest BCUT2D eigenvalue weighted by Gasteiger charge is 2.10. The monoisotopic (exact) mass is 288 g/mol. The molecule has 2 rings (SSSR count). The Kier molecular flexibility index (Phi) is 5.03. The van der Waals surface area contributed by atoms with Crippen molar-refractivity contribution in [3.8, 4) is 0 Å². The second-order valence-corrected chi connectivity index (χ2v) is 4.33. The first kappa shape index (κ1) is 14.7. The summed E-state index contributed by atoms with van der Waals surface area (Å²) in [5.41, 5.74) is 0.803. The van der Waals surface area contributed by atoms with E-state index in [1.165, 1.54) is 13.3 Å². The summed E-state index contributed by atoms with van der Waals surface area (Å²) in [7, 11) is 1.29. The number of aryl methyl sites for hydroxylation is 1. The molecule has 0 aliphatic carbocycles. The topological polar surface area (TPSA) is 86.1 Å². The van der Waals surface area contributed by atoms with Crippen LogP contribution in [0.1, 0.15) is 27.3 Å². The molecule has 1 N–H and O–H groups in total. The number of aromatic nitrogens is 3. The van der Waals surface area contributed by atoms with Gasteiger partial charge in [-0.05, 0) is 18.6 Å². The van der Waals surface area contributed by atoms with Crippen LogP contribution in [0.25, 0.3) is 0 Å². The molecule has 110 valence electrons. The molecule has 2 aromatic rings. The Morgan fingerprint density at radius 2 is 2.05 bits per heavy atom. The van der Waals surface area contributed by atoms with E-state index in [1.807, 2.05) is 18.2 Å². The molecule has 21 heavy (non-hydrogen) atoms. The minimum atomic E-state index is -0.515. The van der Waals surface area contributed by atoms with E-state index in [0.29, 0.717) is 25.1 Å². The zero-order valence-corrected chi connectivity index (χ0v) is 11.7. The van der Waals surface area contributed by atoms with Gasteiger partial charge in [-0.2, -0.15) is 0 Å². The number of amides is 1. The van der Waals surface area contributed by atoms with Crippen molar-refractivity contribution in [3.63, 3.8) is 0 Å². The molecule has 0 fully saturated rings. The lowest BCUT2D eigenvalue weighted by Crippen LogP contribution is -2.25. The SMILES string of the molecule is COC(=O)c1cn(CCCNC(=O)c2ccccc2)nn1. The average Bonchev–Trinajstić information content (AvgIpc) is 3.00. The summed E-state index contributed by atoms with van der Waals surface area (Å²) < 4.78 is 6.09. The summed E-state index contributed by atoms with van der Waals surface area (Å²) >= 11 is 0. The maximum Gasteiger partial charge on any atom is 0.360 e. The molecule has 0 spiro atoms. The van der Waals surface area contributed by atoms with Crippen LogP contribution in [0, 0.1) is 0 Å². The average molecular weight is 288 g/mol. The molecule has 0 aliphatic rings. The summed E-state index contributed by atoms with van der Waals surface area (Å²) in [6.45, 7) is 1.07. The summed E-state index contributed by atoms with van der Waals surface area (Å²) in [6, 6.07) is 9.02. The molecular formula is C14H16N4O3. The van der Waals surface area contributed by atoms with Crippen LogP contribution >= 0.6 is 0 Å². The van der Waals surface area contributed by atoms with E-state index in [4.69, 9.17) is 0 Å². The van der Waals surface area contributed by atoms with Crippen molar-refractivity contribution in [1.82, 2.24) is 20.3 Å². The van der Waals surface area contributed by atoms with Crippen LogP contribution in [0.3, 0.4) is 0 Å². The second-order valence-electron chi connectivity index (χ2n) is 4.33. The van der Waals surface area contributed by atoms with Crippen molar-refractivity contribution in [2.45, 2.75) is 13.0 Å². The minimum Gasteiger partial charge on any atom is -0.464 e. The Bertz CT molecular complexity index is 610. The molecule has 1 aromatic carbocycles. The standard InChI is InChI=1S/C14H16N4O3/c1-21-14(20)12-10-18(17-16-12)9-5-8-15-13(19)11-6-3-2-4-7-11/h2-4,6-7,10H,5,8-9H2,1H3,(H,15,19). The van der Waals surface area contributed by atoms with Gasteiger partial charge in [0.2, 0.25) is 0 Å². The minimum absolute atomic E-state index is 0.107. The van der Waals surface area contributed by atoms with E-state index < -0.39 is 5.97 Å². The van der Waals surface area contributed by atoms with E-state index in [2.05, 4.69) is 20.4 Å². The quantitative estimate of drug-likeness (QED) is 0.630. The first-order valence-corrected chi connectivity index (χ1v) is 6.52. The van der Waals surface area contributed by atoms with Crippen molar-refractivity contribution in [2.24, 2.45) is 0 Å². The zero-order valence-electron chi connectivity index (χ0n) is 11.7. The molecule has 0 bridgehead atoms. The highest BCUT2D eigenvalue weighted by molar-refractivity contribution is 5.94. The third kappa shape index (κ3) is 4.13. The highest BCUT2D eigenvalue weighted by Crippen LogP contribution is 1.99. The lowest BCUT2D eigenvalue weighted by molar-refractivity contribution is 0.0593. The molecule has 0 saturated heterocycles. The summed E-state index contributed by atoms with van der Waals surface area (Å²) in [5.74, 6) is -0.622. The Hall–Kier alpha value is -2.70. The normalized spacial score (nSPS) is 10.1. The lowest BCUT2D eigenvalue weighted by atomic mass is 10.2. The van der Waals surface area contributed by atoms with Gasteiger partial charge in [-0.3, -0.25) is 9.48 Å². The highest BCUT2D eigenvalue weighted by atomic mass is 16.5. The van der Waals surface area contributed by atoms with Gasteiger partial charge in [-0.15, -0.1) is 5.10 Å². The Balaban J connectivity index is 1.74. The predicted octanol–water partition coefficient (Wildman–Crippen LogP) is 0.885. The number of esters is 1. The van der Waals surface area contributed by atoms with Gasteiger partial charge in [0.25, 0.3) is 5.91 Å². The fraction of sp³-hybridized carbons (Fsp3) is 0.286. The number of carbonyl (C=O) groups excluding carboxylic acids is 2. The van der Waals surface area contributed by atoms with E-state index in [-0.39, 0.29) is 11.6 Å². The van der Waals surface area contributed by atoms with Crippen LogP contribution in [-0.2, 0) is 11.3 Å². The van der Waals surface area contributed by atoms with Crippen LogP contribution < -0.4 is 5.32 Å². The number of methoxy groups -OCH3 is 1. The number of benzene rings is 1. The van der Waals surface area contributed by atoms with E-state index in [1.54, 1.807) is 16.8 Å². The van der Waals surface area contributed by atoms with Gasteiger partial charge in [-0.25, -0.2) is 4.79 Å². The molecule has 7 nitrogen and oxygen atoms in total. The molecule has 7 heteroatoms. The molecule has 1 aromatic heterocycles. The van der Waals surface area contributed by atoms with Crippen molar-refractivity contribution in [2.75, 3.05) is 13.7 Å². The van der Waals surface area contributed by atoms with Crippen molar-refractivity contribution in [3.05, 3.63) is 47.8 Å². The number of hydrogen-bond donors (Lipinski definition) is 1. The largest absolute Gasteiger partial charge is 0.464 e. The first-order chi connectivity index (χ1) is 10.2. The number of carbonyl (C=O) groups is 2. The van der Waals surface area contributed by atoms with Gasteiger partial charge in [0, 0.05) is 18.7 Å². The molecule has 0 atom stereocenters. The molecule has 0 saturated carbocycles. The zero-order chi connectivity index (χ0) is 15.1. The van der Waals surface area contributed by atoms with Gasteiger partial charge in [0.15, 0.2) is 5.69 Å². The predicted molar refractivity (Wildman–Crippen MR) is 74.8 cm³/mol. The van der Waals surface area contributed by atoms with E-state index in [9.17, 15) is 9.59 Å². The molecular weight excluding hydrogens is 272 g/mol. The number of ether oxygens (including phenoxy) is 1. The fourth-order valence-corrected chi connectivity index (χ4v) is 1.74. The molecule has 1 amide bonds. The fourth-order valence-electron chi connectivity index (χ4n) is 1.74. The van der Waals surface area contributed by atoms with Gasteiger partial charge >= 0.3 is 5.97 Å². The van der Waals surface area contributed by atoms with E-state index >= 15 is 0 Å². The third-order valence-corrected chi connectivity index (χ3v) is 2.82. The maximum atomic E-state index is 11.8. The molecule has 0 unspecified atom stereocenters. The summed E-state index contributed by atoms with van der Waals surface area (Å²) in [6.07, 6.45) is 2.20. The van der Waals surface area contributed by atoms with Gasteiger partial charge in [-0.1, -0.05) is 23.4 Å². The summed E-state index contributed by atoms with van der Waals surface area (Å²) in [5, 5.41) is 10.3. The van der Waals surface area contributed by atoms with Crippen LogP contribution in [-0.4, -0.2) is 40.5 Å². The second kappa shape index (κ2) is 7.18. The Morgan fingerprint density at radius 3 is 2.76 bits per heavy atom. The summed E-state index contributed by atoms with van der Waals surface area (Å²) in [4.78, 5) is 23.0. The number of nitrogens with zero attached hydrogens (tertiary/aromatic N) is 3. The smallest absolute Gasteiger partial charge is 0.360 e.